The van der Waals surface area contributed by atoms with Crippen molar-refractivity contribution in [1.29, 1.82) is 0 Å². The average molecular weight is 531 g/mol. The number of aryl methyl sites for hydroxylation is 1. The minimum absolute atomic E-state index is 0. The molecule has 1 atom stereocenters. The molecule has 6 nitrogen and oxygen atoms in total. The Morgan fingerprint density at radius 2 is 1.71 bits per heavy atom. The number of hydrogen-bond acceptors (Lipinski definition) is 4. The summed E-state index contributed by atoms with van der Waals surface area (Å²) in [5, 5.41) is 3.58. The molecule has 2 saturated heterocycles. The highest BCUT2D eigenvalue weighted by atomic mass is 35.5. The Hall–Kier alpha value is -3.38. The predicted molar refractivity (Wildman–Crippen MR) is 152 cm³/mol. The summed E-state index contributed by atoms with van der Waals surface area (Å²) >= 11 is 6.23. The lowest BCUT2D eigenvalue weighted by atomic mass is 9.77. The summed E-state index contributed by atoms with van der Waals surface area (Å²) in [5.41, 5.74) is 4.87. The van der Waals surface area contributed by atoms with Crippen molar-refractivity contribution >= 4 is 29.1 Å². The van der Waals surface area contributed by atoms with Gasteiger partial charge in [-0.1, -0.05) is 37.2 Å². The number of fused-ring (bicyclic) bond motifs is 1. The monoisotopic (exact) mass is 530 g/mol. The van der Waals surface area contributed by atoms with E-state index in [9.17, 15) is 9.59 Å². The topological polar surface area (TPSA) is 65.5 Å². The molecule has 2 amide bonds. The van der Waals surface area contributed by atoms with Crippen molar-refractivity contribution < 1.29 is 9.59 Å². The summed E-state index contributed by atoms with van der Waals surface area (Å²) < 4.78 is 0. The van der Waals surface area contributed by atoms with E-state index in [2.05, 4.69) is 33.4 Å². The van der Waals surface area contributed by atoms with Crippen LogP contribution >= 0.6 is 11.6 Å². The first kappa shape index (κ1) is 26.2. The summed E-state index contributed by atoms with van der Waals surface area (Å²) in [6.07, 6.45) is 8.66. The molecule has 2 aromatic carbocycles. The van der Waals surface area contributed by atoms with Crippen molar-refractivity contribution in [3.63, 3.8) is 0 Å². The van der Waals surface area contributed by atoms with Crippen molar-refractivity contribution in [2.24, 2.45) is 5.41 Å². The third kappa shape index (κ3) is 5.02. The van der Waals surface area contributed by atoms with Crippen molar-refractivity contribution in [1.82, 2.24) is 15.2 Å². The summed E-state index contributed by atoms with van der Waals surface area (Å²) in [4.78, 5) is 35.0. The third-order valence-electron chi connectivity index (χ3n) is 8.47. The van der Waals surface area contributed by atoms with Crippen LogP contribution in [0.5, 0.6) is 0 Å². The molecule has 2 fully saturated rings. The van der Waals surface area contributed by atoms with Gasteiger partial charge in [-0.05, 0) is 85.0 Å². The van der Waals surface area contributed by atoms with E-state index in [1.165, 1.54) is 11.3 Å². The minimum atomic E-state index is -0.181. The van der Waals surface area contributed by atoms with Gasteiger partial charge in [-0.15, -0.1) is 0 Å². The fourth-order valence-electron chi connectivity index (χ4n) is 6.26. The van der Waals surface area contributed by atoms with Gasteiger partial charge in [0.15, 0.2) is 0 Å². The number of halogens is 1. The number of piperidine rings is 1. The van der Waals surface area contributed by atoms with E-state index in [0.717, 1.165) is 63.8 Å². The number of carbonyl (C=O) groups excluding carboxylic acids is 2. The first-order valence-corrected chi connectivity index (χ1v) is 13.5. The van der Waals surface area contributed by atoms with E-state index in [-0.39, 0.29) is 30.7 Å². The molecule has 1 spiro atoms. The number of nitrogens with zero attached hydrogens (tertiary/aromatic N) is 3. The molecule has 0 bridgehead atoms. The second-order valence-corrected chi connectivity index (χ2v) is 11.0. The number of nitrogens with one attached hydrogen (secondary N) is 1. The van der Waals surface area contributed by atoms with Gasteiger partial charge in [-0.3, -0.25) is 14.6 Å². The fourth-order valence-corrected chi connectivity index (χ4v) is 6.48. The summed E-state index contributed by atoms with van der Waals surface area (Å²) in [7, 11) is 0. The van der Waals surface area contributed by atoms with E-state index >= 15 is 0 Å². The van der Waals surface area contributed by atoms with E-state index in [1.807, 2.05) is 41.6 Å². The van der Waals surface area contributed by atoms with Crippen LogP contribution in [0.25, 0.3) is 0 Å². The highest BCUT2D eigenvalue weighted by molar-refractivity contribution is 6.33. The zero-order valence-electron chi connectivity index (χ0n) is 20.8. The Balaban J connectivity index is 0.00000294. The molecule has 1 unspecified atom stereocenters. The van der Waals surface area contributed by atoms with Crippen LogP contribution in [0.15, 0.2) is 67.0 Å². The lowest BCUT2D eigenvalue weighted by Crippen LogP contribution is -2.42. The Bertz CT molecular complexity index is 1320. The van der Waals surface area contributed by atoms with E-state index < -0.39 is 0 Å². The zero-order chi connectivity index (χ0) is 25.4. The molecule has 1 aromatic heterocycles. The van der Waals surface area contributed by atoms with Gasteiger partial charge in [0.25, 0.3) is 11.8 Å². The third-order valence-corrected chi connectivity index (χ3v) is 8.80. The number of aromatic nitrogens is 1. The lowest BCUT2D eigenvalue weighted by molar-refractivity contribution is 0.0764. The second-order valence-electron chi connectivity index (χ2n) is 10.6. The van der Waals surface area contributed by atoms with Gasteiger partial charge in [-0.2, -0.15) is 0 Å². The Labute approximate surface area is 230 Å². The van der Waals surface area contributed by atoms with Gasteiger partial charge >= 0.3 is 0 Å². The molecule has 6 rings (SSSR count). The fraction of sp³-hybridized carbons (Fsp3) is 0.387. The molecule has 3 aliphatic rings. The van der Waals surface area contributed by atoms with Crippen molar-refractivity contribution in [3.8, 4) is 0 Å². The Morgan fingerprint density at radius 3 is 2.47 bits per heavy atom. The molecule has 1 aliphatic carbocycles. The molecule has 7 heteroatoms. The molecule has 38 heavy (non-hydrogen) atoms. The highest BCUT2D eigenvalue weighted by Gasteiger charge is 2.42. The van der Waals surface area contributed by atoms with Crippen LogP contribution < -0.4 is 10.2 Å². The average Bonchev–Trinajstić information content (AvgIpc) is 3.53. The molecule has 2 aliphatic heterocycles. The second kappa shape index (κ2) is 10.8. The predicted octanol–water partition coefficient (Wildman–Crippen LogP) is 5.92. The quantitative estimate of drug-likeness (QED) is 0.454. The standard InChI is InChI=1S/C30H31ClN4O2.CH4/c31-26-4-2-1-3-24(26)28(36)33-27-8-7-21-5-6-22(19-25(21)27)29(37)35-18-13-30(20-35)11-16-34(17-12-30)23-9-14-32-15-10-23;/h1-6,9-10,14-15,19,27H,7-8,11-13,16-18,20H2,(H,33,36);1H4. The summed E-state index contributed by atoms with van der Waals surface area (Å²) in [6, 6.07) is 17.1. The Morgan fingerprint density at radius 1 is 0.974 bits per heavy atom. The summed E-state index contributed by atoms with van der Waals surface area (Å²) in [6.45, 7) is 3.65. The Kier molecular flexibility index (Phi) is 7.44. The number of anilines is 1. The maximum Gasteiger partial charge on any atom is 0.253 e. The maximum atomic E-state index is 13.6. The van der Waals surface area contributed by atoms with Crippen LogP contribution in [-0.2, 0) is 6.42 Å². The first-order valence-electron chi connectivity index (χ1n) is 13.1. The SMILES string of the molecule is C.O=C(NC1CCc2ccc(C(=O)N3CCC4(CCN(c5ccncc5)CC4)C3)cc21)c1ccccc1Cl. The van der Waals surface area contributed by atoms with E-state index in [0.29, 0.717) is 16.1 Å². The van der Waals surface area contributed by atoms with E-state index in [4.69, 9.17) is 11.6 Å². The molecule has 198 valence electrons. The lowest BCUT2D eigenvalue weighted by Gasteiger charge is -2.40. The van der Waals surface area contributed by atoms with Crippen LogP contribution in [0.3, 0.4) is 0 Å². The smallest absolute Gasteiger partial charge is 0.253 e. The highest BCUT2D eigenvalue weighted by Crippen LogP contribution is 2.42. The van der Waals surface area contributed by atoms with Gasteiger partial charge in [0, 0.05) is 49.8 Å². The van der Waals surface area contributed by atoms with Crippen molar-refractivity contribution in [2.75, 3.05) is 31.1 Å². The molecular formula is C31H35ClN4O2. The van der Waals surface area contributed by atoms with Crippen LogP contribution in [0.1, 0.15) is 71.0 Å². The molecule has 0 radical (unpaired) electrons. The molecule has 3 heterocycles. The van der Waals surface area contributed by atoms with Gasteiger partial charge < -0.3 is 15.1 Å². The molecule has 0 saturated carbocycles. The molecular weight excluding hydrogens is 496 g/mol. The molecule has 3 aromatic rings. The first-order chi connectivity index (χ1) is 18.0. The van der Waals surface area contributed by atoms with Gasteiger partial charge in [-0.25, -0.2) is 0 Å². The van der Waals surface area contributed by atoms with E-state index in [1.54, 1.807) is 12.1 Å². The maximum absolute atomic E-state index is 13.6. The largest absolute Gasteiger partial charge is 0.371 e. The number of carbonyl (C=O) groups is 2. The van der Waals surface area contributed by atoms with Crippen LogP contribution in [0.4, 0.5) is 5.69 Å². The van der Waals surface area contributed by atoms with Crippen LogP contribution in [-0.4, -0.2) is 47.9 Å². The van der Waals surface area contributed by atoms with Crippen LogP contribution in [0, 0.1) is 5.41 Å². The minimum Gasteiger partial charge on any atom is -0.371 e. The van der Waals surface area contributed by atoms with Crippen molar-refractivity contribution in [3.05, 3.63) is 94.3 Å². The summed E-state index contributed by atoms with van der Waals surface area (Å²) in [5.74, 6) is -0.0842. The number of pyridine rings is 1. The normalized spacial score (nSPS) is 19.7. The van der Waals surface area contributed by atoms with Gasteiger partial charge in [0.1, 0.15) is 0 Å². The van der Waals surface area contributed by atoms with Crippen molar-refractivity contribution in [2.45, 2.75) is 45.6 Å². The number of benzene rings is 2. The molecule has 1 N–H and O–H groups in total. The zero-order valence-corrected chi connectivity index (χ0v) is 21.6. The number of rotatable bonds is 4. The number of hydrogen-bond donors (Lipinski definition) is 1. The van der Waals surface area contributed by atoms with Gasteiger partial charge in [0.2, 0.25) is 0 Å². The van der Waals surface area contributed by atoms with Crippen LogP contribution in [0.2, 0.25) is 5.02 Å². The number of amides is 2. The number of likely N-dealkylation sites (tertiary alicyclic amines) is 1. The van der Waals surface area contributed by atoms with Gasteiger partial charge in [0.05, 0.1) is 16.6 Å².